The quantitative estimate of drug-likeness (QED) is 0.146. The molecule has 3 aromatic heterocycles. The summed E-state index contributed by atoms with van der Waals surface area (Å²) in [6.45, 7) is 4.54. The SMILES string of the molecule is Cc1c2c(-c3ccccc3)nc3cc(-c4cccc(-c5cccnc5)c4)ccc3c2c(C)c2c(-c3ccccc3)nc3ccccc3c12. The van der Waals surface area contributed by atoms with E-state index in [0.717, 1.165) is 66.6 Å². The average molecular weight is 614 g/mol. The lowest BCUT2D eigenvalue weighted by Crippen LogP contribution is -1.99. The Morgan fingerprint density at radius 1 is 0.375 bits per heavy atom. The molecule has 226 valence electrons. The van der Waals surface area contributed by atoms with Crippen molar-refractivity contribution in [2.24, 2.45) is 0 Å². The molecule has 3 nitrogen and oxygen atoms in total. The highest BCUT2D eigenvalue weighted by Crippen LogP contribution is 2.45. The second-order valence-corrected chi connectivity index (χ2v) is 12.5. The Morgan fingerprint density at radius 2 is 0.896 bits per heavy atom. The monoisotopic (exact) mass is 613 g/mol. The Bertz CT molecular complexity index is 2660. The van der Waals surface area contributed by atoms with Crippen molar-refractivity contribution in [2.45, 2.75) is 13.8 Å². The third-order valence-corrected chi connectivity index (χ3v) is 9.66. The average Bonchev–Trinajstić information content (AvgIpc) is 3.16. The van der Waals surface area contributed by atoms with Gasteiger partial charge in [0.05, 0.1) is 22.4 Å². The Balaban J connectivity index is 1.40. The Hall–Kier alpha value is -6.19. The van der Waals surface area contributed by atoms with Crippen LogP contribution in [-0.2, 0) is 0 Å². The van der Waals surface area contributed by atoms with Crippen molar-refractivity contribution in [3.8, 4) is 44.8 Å². The normalized spacial score (nSPS) is 11.5. The van der Waals surface area contributed by atoms with E-state index in [-0.39, 0.29) is 0 Å². The Morgan fingerprint density at radius 3 is 1.54 bits per heavy atom. The second-order valence-electron chi connectivity index (χ2n) is 12.5. The molecule has 0 unspecified atom stereocenters. The standard InChI is InChI=1S/C45H31N3/c1-28-40-36-20-9-10-21-38(36)47-44(30-13-5-3-6-14-30)42(40)29(2)41-37-23-22-34(32-17-11-18-33(25-32)35-19-12-24-46-27-35)26-39(37)48-45(43(28)41)31-15-7-4-8-16-31/h3-27H,1-2H3. The minimum Gasteiger partial charge on any atom is -0.264 e. The third-order valence-electron chi connectivity index (χ3n) is 9.66. The molecular formula is C45H31N3. The smallest absolute Gasteiger partial charge is 0.0791 e. The molecule has 0 atom stereocenters. The van der Waals surface area contributed by atoms with Gasteiger partial charge in [-0.3, -0.25) is 4.98 Å². The first-order chi connectivity index (χ1) is 23.7. The van der Waals surface area contributed by atoms with Crippen LogP contribution in [0.4, 0.5) is 0 Å². The lowest BCUT2D eigenvalue weighted by atomic mass is 9.85. The van der Waals surface area contributed by atoms with Crippen LogP contribution < -0.4 is 0 Å². The van der Waals surface area contributed by atoms with E-state index in [4.69, 9.17) is 9.97 Å². The van der Waals surface area contributed by atoms with Gasteiger partial charge in [-0.2, -0.15) is 0 Å². The fourth-order valence-corrected chi connectivity index (χ4v) is 7.44. The van der Waals surface area contributed by atoms with Crippen molar-refractivity contribution in [2.75, 3.05) is 0 Å². The highest BCUT2D eigenvalue weighted by molar-refractivity contribution is 6.25. The number of aryl methyl sites for hydroxylation is 2. The summed E-state index contributed by atoms with van der Waals surface area (Å²) in [4.78, 5) is 15.1. The molecule has 0 saturated heterocycles. The van der Waals surface area contributed by atoms with E-state index in [1.54, 1.807) is 0 Å². The summed E-state index contributed by atoms with van der Waals surface area (Å²) in [6.07, 6.45) is 3.72. The molecule has 0 fully saturated rings. The predicted octanol–water partition coefficient (Wildman–Crippen LogP) is 11.8. The summed E-state index contributed by atoms with van der Waals surface area (Å²) in [5.74, 6) is 0. The van der Waals surface area contributed by atoms with Gasteiger partial charge in [0.1, 0.15) is 0 Å². The van der Waals surface area contributed by atoms with Crippen molar-refractivity contribution in [1.82, 2.24) is 15.0 Å². The van der Waals surface area contributed by atoms with Gasteiger partial charge in [0.25, 0.3) is 0 Å². The topological polar surface area (TPSA) is 38.7 Å². The van der Waals surface area contributed by atoms with E-state index in [9.17, 15) is 0 Å². The molecule has 0 aliphatic rings. The van der Waals surface area contributed by atoms with Crippen LogP contribution in [0.1, 0.15) is 11.1 Å². The zero-order chi connectivity index (χ0) is 32.2. The summed E-state index contributed by atoms with van der Waals surface area (Å²) in [5, 5.41) is 7.18. The molecule has 3 heterocycles. The lowest BCUT2D eigenvalue weighted by Gasteiger charge is -2.21. The maximum atomic E-state index is 5.48. The van der Waals surface area contributed by atoms with Crippen LogP contribution >= 0.6 is 0 Å². The van der Waals surface area contributed by atoms with Gasteiger partial charge in [0.2, 0.25) is 0 Å². The molecule has 9 rings (SSSR count). The van der Waals surface area contributed by atoms with E-state index >= 15 is 0 Å². The number of aromatic nitrogens is 3. The van der Waals surface area contributed by atoms with Crippen molar-refractivity contribution >= 4 is 43.4 Å². The highest BCUT2D eigenvalue weighted by Gasteiger charge is 2.22. The first-order valence-corrected chi connectivity index (χ1v) is 16.4. The van der Waals surface area contributed by atoms with E-state index < -0.39 is 0 Å². The van der Waals surface area contributed by atoms with Gasteiger partial charge in [-0.15, -0.1) is 0 Å². The zero-order valence-corrected chi connectivity index (χ0v) is 26.8. The van der Waals surface area contributed by atoms with Crippen molar-refractivity contribution in [3.63, 3.8) is 0 Å². The van der Waals surface area contributed by atoms with Crippen LogP contribution in [0.15, 0.2) is 152 Å². The van der Waals surface area contributed by atoms with Gasteiger partial charge >= 0.3 is 0 Å². The van der Waals surface area contributed by atoms with Crippen molar-refractivity contribution in [3.05, 3.63) is 163 Å². The van der Waals surface area contributed by atoms with E-state index in [1.807, 2.05) is 18.5 Å². The Kier molecular flexibility index (Phi) is 6.58. The number of benzene rings is 6. The number of hydrogen-bond donors (Lipinski definition) is 0. The van der Waals surface area contributed by atoms with Gasteiger partial charge in [0.15, 0.2) is 0 Å². The maximum Gasteiger partial charge on any atom is 0.0791 e. The van der Waals surface area contributed by atoms with Crippen LogP contribution in [0.25, 0.3) is 88.1 Å². The van der Waals surface area contributed by atoms with E-state index in [1.165, 1.54) is 32.7 Å². The van der Waals surface area contributed by atoms with Gasteiger partial charge in [-0.05, 0) is 76.7 Å². The first kappa shape index (κ1) is 28.1. The highest BCUT2D eigenvalue weighted by atomic mass is 14.7. The van der Waals surface area contributed by atoms with Crippen LogP contribution in [0.2, 0.25) is 0 Å². The van der Waals surface area contributed by atoms with Crippen LogP contribution in [0.5, 0.6) is 0 Å². The molecule has 6 aromatic carbocycles. The van der Waals surface area contributed by atoms with Crippen molar-refractivity contribution < 1.29 is 0 Å². The summed E-state index contributed by atoms with van der Waals surface area (Å²) in [6, 6.07) is 49.2. The van der Waals surface area contributed by atoms with Gasteiger partial charge in [-0.25, -0.2) is 9.97 Å². The maximum absolute atomic E-state index is 5.48. The molecule has 0 bridgehead atoms. The molecule has 0 aliphatic heterocycles. The minimum atomic E-state index is 0.975. The number of hydrogen-bond acceptors (Lipinski definition) is 3. The predicted molar refractivity (Wildman–Crippen MR) is 201 cm³/mol. The lowest BCUT2D eigenvalue weighted by molar-refractivity contribution is 1.33. The molecule has 9 aromatic rings. The fraction of sp³-hybridized carbons (Fsp3) is 0.0444. The Labute approximate surface area is 279 Å². The van der Waals surface area contributed by atoms with E-state index in [0.29, 0.717) is 0 Å². The number of para-hydroxylation sites is 1. The van der Waals surface area contributed by atoms with Gasteiger partial charge in [-0.1, -0.05) is 115 Å². The molecule has 0 spiro atoms. The fourth-order valence-electron chi connectivity index (χ4n) is 7.44. The molecule has 0 N–H and O–H groups in total. The number of rotatable bonds is 4. The minimum absolute atomic E-state index is 0.975. The molecule has 0 saturated carbocycles. The van der Waals surface area contributed by atoms with Crippen LogP contribution in [-0.4, -0.2) is 15.0 Å². The second kappa shape index (κ2) is 11.3. The molecule has 0 amide bonds. The largest absolute Gasteiger partial charge is 0.264 e. The first-order valence-electron chi connectivity index (χ1n) is 16.4. The molecule has 48 heavy (non-hydrogen) atoms. The zero-order valence-electron chi connectivity index (χ0n) is 26.8. The van der Waals surface area contributed by atoms with E-state index in [2.05, 4.69) is 152 Å². The molecule has 0 aliphatic carbocycles. The van der Waals surface area contributed by atoms with Crippen molar-refractivity contribution in [1.29, 1.82) is 0 Å². The summed E-state index contributed by atoms with van der Waals surface area (Å²) < 4.78 is 0. The number of pyridine rings is 3. The molecule has 3 heteroatoms. The summed E-state index contributed by atoms with van der Waals surface area (Å²) >= 11 is 0. The van der Waals surface area contributed by atoms with Crippen LogP contribution in [0, 0.1) is 13.8 Å². The number of fused-ring (bicyclic) bond motifs is 6. The summed E-state index contributed by atoms with van der Waals surface area (Å²) in [5.41, 5.74) is 13.2. The van der Waals surface area contributed by atoms with Gasteiger partial charge in [0, 0.05) is 50.6 Å². The van der Waals surface area contributed by atoms with Gasteiger partial charge < -0.3 is 0 Å². The molecular weight excluding hydrogens is 583 g/mol. The third kappa shape index (κ3) is 4.47. The molecule has 0 radical (unpaired) electrons. The summed E-state index contributed by atoms with van der Waals surface area (Å²) in [7, 11) is 0. The number of nitrogens with zero attached hydrogens (tertiary/aromatic N) is 3. The van der Waals surface area contributed by atoms with Crippen LogP contribution in [0.3, 0.4) is 0 Å².